The first-order chi connectivity index (χ1) is 8.65. The number of benzene rings is 2. The minimum Gasteiger partial charge on any atom is -0.506 e. The number of aromatic carboxylic acids is 1. The summed E-state index contributed by atoms with van der Waals surface area (Å²) in [5.41, 5.74) is 2.13. The van der Waals surface area contributed by atoms with Crippen molar-refractivity contribution in [3.05, 3.63) is 42.0 Å². The fourth-order valence-electron chi connectivity index (χ4n) is 1.82. The molecule has 0 unspecified atom stereocenters. The van der Waals surface area contributed by atoms with Gasteiger partial charge in [0.05, 0.1) is 22.1 Å². The van der Waals surface area contributed by atoms with Gasteiger partial charge in [-0.2, -0.15) is 0 Å². The number of para-hydroxylation sites is 1. The third-order valence-corrected chi connectivity index (χ3v) is 2.69. The SMILES string of the molecule is O=C(O)c1ccc2nc3cccc(O)c3nc2c1. The second-order valence-corrected chi connectivity index (χ2v) is 3.88. The Balaban J connectivity index is 2.39. The van der Waals surface area contributed by atoms with E-state index in [1.54, 1.807) is 18.2 Å². The zero-order valence-corrected chi connectivity index (χ0v) is 9.16. The molecule has 0 aliphatic carbocycles. The van der Waals surface area contributed by atoms with Crippen LogP contribution >= 0.6 is 0 Å². The predicted octanol–water partition coefficient (Wildman–Crippen LogP) is 2.19. The number of fused-ring (bicyclic) bond motifs is 2. The summed E-state index contributed by atoms with van der Waals surface area (Å²) in [4.78, 5) is 19.4. The standard InChI is InChI=1S/C13H8N2O3/c16-11-3-1-2-9-12(11)15-10-6-7(13(17)18)4-5-8(10)14-9/h1-6,16H,(H,17,18). The van der Waals surface area contributed by atoms with Crippen molar-refractivity contribution in [1.82, 2.24) is 9.97 Å². The molecule has 0 bridgehead atoms. The van der Waals surface area contributed by atoms with Crippen molar-refractivity contribution in [2.24, 2.45) is 0 Å². The third kappa shape index (κ3) is 1.53. The first kappa shape index (κ1) is 10.5. The Morgan fingerprint density at radius 3 is 2.61 bits per heavy atom. The summed E-state index contributed by atoms with van der Waals surface area (Å²) in [7, 11) is 0. The Hall–Kier alpha value is -2.69. The normalized spacial score (nSPS) is 10.9. The number of phenols is 1. The van der Waals surface area contributed by atoms with Crippen LogP contribution in [-0.4, -0.2) is 26.2 Å². The van der Waals surface area contributed by atoms with Gasteiger partial charge >= 0.3 is 5.97 Å². The summed E-state index contributed by atoms with van der Waals surface area (Å²) in [5, 5.41) is 18.6. The van der Waals surface area contributed by atoms with E-state index in [4.69, 9.17) is 5.11 Å². The molecule has 0 fully saturated rings. The van der Waals surface area contributed by atoms with Crippen LogP contribution in [0.25, 0.3) is 22.1 Å². The summed E-state index contributed by atoms with van der Waals surface area (Å²) in [6.45, 7) is 0. The molecule has 0 radical (unpaired) electrons. The average molecular weight is 240 g/mol. The maximum atomic E-state index is 10.9. The van der Waals surface area contributed by atoms with Crippen LogP contribution in [0.1, 0.15) is 10.4 Å². The number of hydrogen-bond donors (Lipinski definition) is 2. The fourth-order valence-corrected chi connectivity index (χ4v) is 1.82. The lowest BCUT2D eigenvalue weighted by Gasteiger charge is -2.03. The largest absolute Gasteiger partial charge is 0.506 e. The summed E-state index contributed by atoms with van der Waals surface area (Å²) in [6, 6.07) is 9.47. The van der Waals surface area contributed by atoms with Gasteiger partial charge in [0.25, 0.3) is 0 Å². The molecular formula is C13H8N2O3. The average Bonchev–Trinajstić information content (AvgIpc) is 2.36. The van der Waals surface area contributed by atoms with Gasteiger partial charge in [-0.1, -0.05) is 6.07 Å². The highest BCUT2D eigenvalue weighted by Gasteiger charge is 2.08. The quantitative estimate of drug-likeness (QED) is 0.637. The van der Waals surface area contributed by atoms with Crippen molar-refractivity contribution in [1.29, 1.82) is 0 Å². The molecule has 0 atom stereocenters. The van der Waals surface area contributed by atoms with E-state index in [0.717, 1.165) is 0 Å². The number of carboxylic acids is 1. The number of nitrogens with zero attached hydrogens (tertiary/aromatic N) is 2. The van der Waals surface area contributed by atoms with Crippen LogP contribution in [0.4, 0.5) is 0 Å². The summed E-state index contributed by atoms with van der Waals surface area (Å²) in [5.74, 6) is -0.987. The molecule has 1 heterocycles. The van der Waals surface area contributed by atoms with Gasteiger partial charge in [0.2, 0.25) is 0 Å². The highest BCUT2D eigenvalue weighted by molar-refractivity contribution is 5.95. The third-order valence-electron chi connectivity index (χ3n) is 2.69. The highest BCUT2D eigenvalue weighted by atomic mass is 16.4. The predicted molar refractivity (Wildman–Crippen MR) is 65.7 cm³/mol. The van der Waals surface area contributed by atoms with Crippen molar-refractivity contribution in [2.75, 3.05) is 0 Å². The highest BCUT2D eigenvalue weighted by Crippen LogP contribution is 2.23. The molecule has 2 aromatic carbocycles. The Kier molecular flexibility index (Phi) is 2.13. The number of carbonyl (C=O) groups is 1. The van der Waals surface area contributed by atoms with E-state index in [1.165, 1.54) is 18.2 Å². The Morgan fingerprint density at radius 2 is 1.83 bits per heavy atom. The summed E-state index contributed by atoms with van der Waals surface area (Å²) >= 11 is 0. The minimum atomic E-state index is -1.02. The molecule has 0 spiro atoms. The molecule has 5 nitrogen and oxygen atoms in total. The first-order valence-electron chi connectivity index (χ1n) is 5.28. The second kappa shape index (κ2) is 3.66. The molecule has 0 aliphatic heterocycles. The summed E-state index contributed by atoms with van der Waals surface area (Å²) < 4.78 is 0. The number of carboxylic acid groups (broad SMARTS) is 1. The van der Waals surface area contributed by atoms with Crippen LogP contribution in [0.5, 0.6) is 5.75 Å². The summed E-state index contributed by atoms with van der Waals surface area (Å²) in [6.07, 6.45) is 0. The van der Waals surface area contributed by atoms with Crippen LogP contribution in [-0.2, 0) is 0 Å². The van der Waals surface area contributed by atoms with Gasteiger partial charge in [-0.15, -0.1) is 0 Å². The van der Waals surface area contributed by atoms with Crippen molar-refractivity contribution < 1.29 is 15.0 Å². The molecule has 2 N–H and O–H groups in total. The van der Waals surface area contributed by atoms with Crippen LogP contribution < -0.4 is 0 Å². The molecular weight excluding hydrogens is 232 g/mol. The molecule has 18 heavy (non-hydrogen) atoms. The lowest BCUT2D eigenvalue weighted by molar-refractivity contribution is 0.0697. The van der Waals surface area contributed by atoms with Gasteiger partial charge in [0.1, 0.15) is 11.3 Å². The van der Waals surface area contributed by atoms with Crippen LogP contribution in [0.2, 0.25) is 0 Å². The molecule has 0 amide bonds. The maximum Gasteiger partial charge on any atom is 0.335 e. The van der Waals surface area contributed by atoms with E-state index in [0.29, 0.717) is 22.1 Å². The van der Waals surface area contributed by atoms with Crippen molar-refractivity contribution in [3.63, 3.8) is 0 Å². The van der Waals surface area contributed by atoms with E-state index in [9.17, 15) is 9.90 Å². The smallest absolute Gasteiger partial charge is 0.335 e. The Labute approximate surface area is 101 Å². The van der Waals surface area contributed by atoms with Gasteiger partial charge in [-0.3, -0.25) is 0 Å². The number of phenolic OH excluding ortho intramolecular Hbond substituents is 1. The number of hydrogen-bond acceptors (Lipinski definition) is 4. The zero-order valence-electron chi connectivity index (χ0n) is 9.16. The van der Waals surface area contributed by atoms with E-state index in [-0.39, 0.29) is 11.3 Å². The van der Waals surface area contributed by atoms with Gasteiger partial charge in [-0.05, 0) is 30.3 Å². The zero-order chi connectivity index (χ0) is 12.7. The molecule has 0 aliphatic rings. The van der Waals surface area contributed by atoms with Crippen molar-refractivity contribution >= 4 is 28.0 Å². The molecule has 1 aromatic heterocycles. The van der Waals surface area contributed by atoms with Gasteiger partial charge in [0.15, 0.2) is 0 Å². The van der Waals surface area contributed by atoms with E-state index >= 15 is 0 Å². The molecule has 88 valence electrons. The molecule has 5 heteroatoms. The number of aromatic nitrogens is 2. The van der Waals surface area contributed by atoms with Crippen molar-refractivity contribution in [2.45, 2.75) is 0 Å². The Morgan fingerprint density at radius 1 is 1.00 bits per heavy atom. The minimum absolute atomic E-state index is 0.0302. The van der Waals surface area contributed by atoms with Crippen molar-refractivity contribution in [3.8, 4) is 5.75 Å². The van der Waals surface area contributed by atoms with E-state index in [2.05, 4.69) is 9.97 Å². The van der Waals surface area contributed by atoms with Gasteiger partial charge < -0.3 is 10.2 Å². The lowest BCUT2D eigenvalue weighted by Crippen LogP contribution is -1.97. The lowest BCUT2D eigenvalue weighted by atomic mass is 10.2. The molecule has 0 saturated heterocycles. The number of rotatable bonds is 1. The molecule has 3 aromatic rings. The topological polar surface area (TPSA) is 83.3 Å². The van der Waals surface area contributed by atoms with Crippen LogP contribution in [0, 0.1) is 0 Å². The van der Waals surface area contributed by atoms with E-state index < -0.39 is 5.97 Å². The molecule has 0 saturated carbocycles. The fraction of sp³-hybridized carbons (Fsp3) is 0. The second-order valence-electron chi connectivity index (χ2n) is 3.88. The van der Waals surface area contributed by atoms with Crippen LogP contribution in [0.15, 0.2) is 36.4 Å². The van der Waals surface area contributed by atoms with E-state index in [1.807, 2.05) is 0 Å². The monoisotopic (exact) mass is 240 g/mol. The molecule has 3 rings (SSSR count). The number of aromatic hydroxyl groups is 1. The van der Waals surface area contributed by atoms with Gasteiger partial charge in [0, 0.05) is 0 Å². The van der Waals surface area contributed by atoms with Crippen LogP contribution in [0.3, 0.4) is 0 Å². The van der Waals surface area contributed by atoms with Gasteiger partial charge in [-0.25, -0.2) is 14.8 Å². The Bertz CT molecular complexity index is 784. The first-order valence-corrected chi connectivity index (χ1v) is 5.28. The maximum absolute atomic E-state index is 10.9.